The van der Waals surface area contributed by atoms with Crippen molar-refractivity contribution in [1.29, 1.82) is 0 Å². The van der Waals surface area contributed by atoms with Crippen LogP contribution in [0.3, 0.4) is 0 Å². The van der Waals surface area contributed by atoms with Gasteiger partial charge in [0.2, 0.25) is 5.91 Å². The lowest BCUT2D eigenvalue weighted by Crippen LogP contribution is -2.52. The normalized spacial score (nSPS) is 15.4. The van der Waals surface area contributed by atoms with E-state index in [0.717, 1.165) is 62.0 Å². The number of carbonyl (C=O) groups excluding carboxylic acids is 1. The lowest BCUT2D eigenvalue weighted by atomic mass is 10.2. The third-order valence-electron chi connectivity index (χ3n) is 4.90. The van der Waals surface area contributed by atoms with E-state index in [1.54, 1.807) is 6.26 Å². The number of hydrogen-bond acceptors (Lipinski definition) is 5. The van der Waals surface area contributed by atoms with Crippen LogP contribution in [-0.2, 0) is 17.9 Å². The number of carbonyl (C=O) groups is 1. The van der Waals surface area contributed by atoms with Gasteiger partial charge in [-0.25, -0.2) is 0 Å². The Morgan fingerprint density at radius 1 is 1.24 bits per heavy atom. The lowest BCUT2D eigenvalue weighted by Gasteiger charge is -2.36. The number of nitrogens with one attached hydrogen (secondary N) is 2. The second-order valence-corrected chi connectivity index (χ2v) is 7.15. The van der Waals surface area contributed by atoms with Crippen LogP contribution in [0.2, 0.25) is 0 Å². The van der Waals surface area contributed by atoms with Crippen LogP contribution in [0, 0.1) is 0 Å². The number of anilines is 1. The van der Waals surface area contributed by atoms with Crippen LogP contribution in [-0.4, -0.2) is 60.0 Å². The van der Waals surface area contributed by atoms with E-state index in [4.69, 9.17) is 4.52 Å². The van der Waals surface area contributed by atoms with Gasteiger partial charge >= 0.3 is 0 Å². The zero-order valence-corrected chi connectivity index (χ0v) is 17.2. The number of guanidine groups is 1. The van der Waals surface area contributed by atoms with Gasteiger partial charge < -0.3 is 20.1 Å². The van der Waals surface area contributed by atoms with E-state index >= 15 is 0 Å². The Labute approximate surface area is 172 Å². The van der Waals surface area contributed by atoms with Crippen molar-refractivity contribution in [2.24, 2.45) is 4.99 Å². The highest BCUT2D eigenvalue weighted by atomic mass is 16.5. The Bertz CT molecular complexity index is 797. The smallest absolute Gasteiger partial charge is 0.224 e. The van der Waals surface area contributed by atoms with Crippen molar-refractivity contribution in [2.45, 2.75) is 32.9 Å². The molecule has 1 fully saturated rings. The van der Waals surface area contributed by atoms with Crippen LogP contribution in [0.25, 0.3) is 0 Å². The largest absolute Gasteiger partial charge is 0.364 e. The van der Waals surface area contributed by atoms with Crippen molar-refractivity contribution < 1.29 is 9.32 Å². The number of aromatic nitrogens is 1. The molecule has 0 saturated carbocycles. The Balaban J connectivity index is 1.48. The Morgan fingerprint density at radius 2 is 2.07 bits per heavy atom. The summed E-state index contributed by atoms with van der Waals surface area (Å²) >= 11 is 0. The zero-order chi connectivity index (χ0) is 20.5. The number of hydrogen-bond donors (Lipinski definition) is 2. The van der Waals surface area contributed by atoms with E-state index in [9.17, 15) is 4.79 Å². The van der Waals surface area contributed by atoms with E-state index in [-0.39, 0.29) is 5.91 Å². The molecular weight excluding hydrogens is 368 g/mol. The SMILES string of the molecule is CCCC(=O)Nc1cccc(CNC(=NC)N2CCN(Cc3ccon3)CC2)c1. The molecule has 1 aliphatic rings. The number of nitrogens with zero attached hydrogens (tertiary/aromatic N) is 4. The predicted molar refractivity (Wildman–Crippen MR) is 114 cm³/mol. The van der Waals surface area contributed by atoms with Crippen molar-refractivity contribution in [3.05, 3.63) is 47.9 Å². The second kappa shape index (κ2) is 10.6. The summed E-state index contributed by atoms with van der Waals surface area (Å²) in [5.41, 5.74) is 2.90. The van der Waals surface area contributed by atoms with E-state index in [2.05, 4.69) is 30.6 Å². The topological polar surface area (TPSA) is 86.0 Å². The molecular formula is C21H30N6O2. The molecule has 1 amide bonds. The molecule has 2 aromatic rings. The molecule has 1 aliphatic heterocycles. The first kappa shape index (κ1) is 20.9. The highest BCUT2D eigenvalue weighted by molar-refractivity contribution is 5.90. The maximum absolute atomic E-state index is 11.8. The molecule has 0 aliphatic carbocycles. The van der Waals surface area contributed by atoms with Crippen molar-refractivity contribution in [1.82, 2.24) is 20.3 Å². The van der Waals surface area contributed by atoms with Crippen LogP contribution in [0.4, 0.5) is 5.69 Å². The van der Waals surface area contributed by atoms with E-state index < -0.39 is 0 Å². The van der Waals surface area contributed by atoms with Gasteiger partial charge in [-0.2, -0.15) is 0 Å². The van der Waals surface area contributed by atoms with Gasteiger partial charge in [0.25, 0.3) is 0 Å². The van der Waals surface area contributed by atoms with Gasteiger partial charge in [-0.05, 0) is 24.1 Å². The van der Waals surface area contributed by atoms with Crippen LogP contribution < -0.4 is 10.6 Å². The summed E-state index contributed by atoms with van der Waals surface area (Å²) in [6.07, 6.45) is 2.99. The van der Waals surface area contributed by atoms with Crippen LogP contribution in [0.5, 0.6) is 0 Å². The first-order valence-electron chi connectivity index (χ1n) is 10.1. The molecule has 1 saturated heterocycles. The number of piperazine rings is 1. The monoisotopic (exact) mass is 398 g/mol. The maximum atomic E-state index is 11.8. The standard InChI is InChI=1S/C21H30N6O2/c1-3-5-20(28)24-18-7-4-6-17(14-18)15-23-21(22-2)27-11-9-26(10-12-27)16-19-8-13-29-25-19/h4,6-8,13-14H,3,5,9-12,15-16H2,1-2H3,(H,22,23)(H,24,28). The Kier molecular flexibility index (Phi) is 7.63. The second-order valence-electron chi connectivity index (χ2n) is 7.15. The Hall–Kier alpha value is -2.87. The molecule has 1 aromatic heterocycles. The Morgan fingerprint density at radius 3 is 2.76 bits per heavy atom. The van der Waals surface area contributed by atoms with Crippen molar-refractivity contribution in [3.8, 4) is 0 Å². The zero-order valence-electron chi connectivity index (χ0n) is 17.2. The fourth-order valence-corrected chi connectivity index (χ4v) is 3.39. The minimum absolute atomic E-state index is 0.0527. The third kappa shape index (κ3) is 6.32. The van der Waals surface area contributed by atoms with E-state index in [1.807, 2.05) is 44.3 Å². The number of amides is 1. The van der Waals surface area contributed by atoms with Gasteiger partial charge in [0.05, 0.1) is 5.69 Å². The summed E-state index contributed by atoms with van der Waals surface area (Å²) in [6.45, 7) is 7.18. The maximum Gasteiger partial charge on any atom is 0.224 e. The average Bonchev–Trinajstić information content (AvgIpc) is 3.23. The number of benzene rings is 1. The number of aliphatic imine (C=N–C) groups is 1. The molecule has 8 nitrogen and oxygen atoms in total. The lowest BCUT2D eigenvalue weighted by molar-refractivity contribution is -0.116. The average molecular weight is 399 g/mol. The molecule has 29 heavy (non-hydrogen) atoms. The molecule has 8 heteroatoms. The molecule has 0 spiro atoms. The fourth-order valence-electron chi connectivity index (χ4n) is 3.39. The van der Waals surface area contributed by atoms with Crippen molar-refractivity contribution >= 4 is 17.6 Å². The summed E-state index contributed by atoms with van der Waals surface area (Å²) < 4.78 is 4.91. The minimum Gasteiger partial charge on any atom is -0.364 e. The van der Waals surface area contributed by atoms with Gasteiger partial charge in [-0.1, -0.05) is 24.2 Å². The quantitative estimate of drug-likeness (QED) is 0.550. The molecule has 0 atom stereocenters. The summed E-state index contributed by atoms with van der Waals surface area (Å²) in [5, 5.41) is 10.4. The van der Waals surface area contributed by atoms with Crippen molar-refractivity contribution in [3.63, 3.8) is 0 Å². The van der Waals surface area contributed by atoms with Gasteiger partial charge in [-0.3, -0.25) is 14.7 Å². The number of rotatable bonds is 7. The van der Waals surface area contributed by atoms with E-state index in [1.165, 1.54) is 0 Å². The van der Waals surface area contributed by atoms with Crippen LogP contribution in [0.1, 0.15) is 31.0 Å². The molecule has 2 N–H and O–H groups in total. The van der Waals surface area contributed by atoms with Crippen LogP contribution in [0.15, 0.2) is 46.1 Å². The summed E-state index contributed by atoms with van der Waals surface area (Å²) in [7, 11) is 1.81. The first-order chi connectivity index (χ1) is 14.2. The summed E-state index contributed by atoms with van der Waals surface area (Å²) in [4.78, 5) is 20.9. The van der Waals surface area contributed by atoms with E-state index in [0.29, 0.717) is 13.0 Å². The first-order valence-corrected chi connectivity index (χ1v) is 10.1. The molecule has 2 heterocycles. The molecule has 0 radical (unpaired) electrons. The van der Waals surface area contributed by atoms with Gasteiger partial charge in [0.1, 0.15) is 6.26 Å². The third-order valence-corrected chi connectivity index (χ3v) is 4.90. The van der Waals surface area contributed by atoms with Crippen molar-refractivity contribution in [2.75, 3.05) is 38.5 Å². The summed E-state index contributed by atoms with van der Waals surface area (Å²) in [6, 6.07) is 9.84. The molecule has 1 aromatic carbocycles. The van der Waals surface area contributed by atoms with Crippen LogP contribution >= 0.6 is 0 Å². The highest BCUT2D eigenvalue weighted by Crippen LogP contribution is 2.12. The van der Waals surface area contributed by atoms with Gasteiger partial charge in [0.15, 0.2) is 5.96 Å². The summed E-state index contributed by atoms with van der Waals surface area (Å²) in [5.74, 6) is 0.948. The molecule has 3 rings (SSSR count). The van der Waals surface area contributed by atoms with Gasteiger partial charge in [0, 0.05) is 64.5 Å². The minimum atomic E-state index is 0.0527. The molecule has 0 bridgehead atoms. The van der Waals surface area contributed by atoms with Gasteiger partial charge in [-0.15, -0.1) is 0 Å². The highest BCUT2D eigenvalue weighted by Gasteiger charge is 2.20. The molecule has 156 valence electrons. The predicted octanol–water partition coefficient (Wildman–Crippen LogP) is 2.31. The fraction of sp³-hybridized carbons (Fsp3) is 0.476. The molecule has 0 unspecified atom stereocenters.